The van der Waals surface area contributed by atoms with E-state index in [4.69, 9.17) is 16.3 Å². The van der Waals surface area contributed by atoms with Crippen LogP contribution in [0.1, 0.15) is 26.7 Å². The van der Waals surface area contributed by atoms with Gasteiger partial charge >= 0.3 is 5.97 Å². The Labute approximate surface area is 166 Å². The number of rotatable bonds is 5. The molecular formula is C19H20ClN3O5. The molecule has 1 aromatic rings. The zero-order chi connectivity index (χ0) is 20.4. The van der Waals surface area contributed by atoms with Gasteiger partial charge in [0.15, 0.2) is 6.10 Å². The molecule has 0 radical (unpaired) electrons. The zero-order valence-corrected chi connectivity index (χ0v) is 16.2. The standard InChI is InChI=1S/C19H20ClN3O5/c1-10(23-17(25)13-5-3-4-6-14(13)18(23)26)19(27)28-11(2)16(24)22-15-8-7-12(20)9-21-15/h3-4,7-11,13-14H,5-6H2,1-2H3,(H,21,22,24)/t10-,11+,13-,14+/m0/s1. The molecule has 2 aliphatic rings. The van der Waals surface area contributed by atoms with Crippen molar-refractivity contribution in [1.29, 1.82) is 0 Å². The van der Waals surface area contributed by atoms with Crippen molar-refractivity contribution in [3.63, 3.8) is 0 Å². The lowest BCUT2D eigenvalue weighted by atomic mass is 9.85. The number of esters is 1. The molecule has 8 nitrogen and oxygen atoms in total. The molecule has 1 fully saturated rings. The van der Waals surface area contributed by atoms with Gasteiger partial charge in [0.25, 0.3) is 5.91 Å². The van der Waals surface area contributed by atoms with E-state index in [0.717, 1.165) is 4.90 Å². The lowest BCUT2D eigenvalue weighted by Crippen LogP contribution is -2.46. The molecule has 0 spiro atoms. The van der Waals surface area contributed by atoms with Crippen LogP contribution in [0.5, 0.6) is 0 Å². The van der Waals surface area contributed by atoms with Crippen molar-refractivity contribution in [2.24, 2.45) is 11.8 Å². The van der Waals surface area contributed by atoms with E-state index in [9.17, 15) is 19.2 Å². The van der Waals surface area contributed by atoms with Crippen molar-refractivity contribution < 1.29 is 23.9 Å². The zero-order valence-electron chi connectivity index (χ0n) is 15.4. The van der Waals surface area contributed by atoms with Crippen LogP contribution in [0.3, 0.4) is 0 Å². The molecule has 1 aliphatic heterocycles. The molecule has 0 saturated carbocycles. The van der Waals surface area contributed by atoms with Gasteiger partial charge in [0, 0.05) is 6.20 Å². The number of halogens is 1. The summed E-state index contributed by atoms with van der Waals surface area (Å²) in [5, 5.41) is 2.92. The molecule has 148 valence electrons. The molecule has 1 N–H and O–H groups in total. The number of imide groups is 1. The van der Waals surface area contributed by atoms with Gasteiger partial charge in [0.1, 0.15) is 11.9 Å². The number of fused-ring (bicyclic) bond motifs is 1. The summed E-state index contributed by atoms with van der Waals surface area (Å²) < 4.78 is 5.17. The molecular weight excluding hydrogens is 386 g/mol. The largest absolute Gasteiger partial charge is 0.451 e. The van der Waals surface area contributed by atoms with Gasteiger partial charge in [0.05, 0.1) is 16.9 Å². The fourth-order valence-electron chi connectivity index (χ4n) is 3.32. The van der Waals surface area contributed by atoms with E-state index in [1.165, 1.54) is 26.1 Å². The number of carbonyl (C=O) groups excluding carboxylic acids is 4. The van der Waals surface area contributed by atoms with Crippen LogP contribution in [0.15, 0.2) is 30.5 Å². The van der Waals surface area contributed by atoms with Gasteiger partial charge in [-0.05, 0) is 38.8 Å². The Morgan fingerprint density at radius 3 is 2.32 bits per heavy atom. The third-order valence-electron chi connectivity index (χ3n) is 4.91. The van der Waals surface area contributed by atoms with Gasteiger partial charge in [0.2, 0.25) is 11.8 Å². The van der Waals surface area contributed by atoms with Crippen LogP contribution >= 0.6 is 11.6 Å². The molecule has 4 atom stereocenters. The number of aromatic nitrogens is 1. The third-order valence-corrected chi connectivity index (χ3v) is 5.13. The van der Waals surface area contributed by atoms with E-state index in [-0.39, 0.29) is 17.6 Å². The minimum absolute atomic E-state index is 0.256. The molecule has 1 saturated heterocycles. The minimum Gasteiger partial charge on any atom is -0.451 e. The van der Waals surface area contributed by atoms with Crippen molar-refractivity contribution in [3.05, 3.63) is 35.5 Å². The normalized spacial score (nSPS) is 23.2. The van der Waals surface area contributed by atoms with Gasteiger partial charge in [-0.15, -0.1) is 0 Å². The second-order valence-corrected chi connectivity index (χ2v) is 7.24. The van der Waals surface area contributed by atoms with Gasteiger partial charge in [-0.1, -0.05) is 23.8 Å². The van der Waals surface area contributed by atoms with Crippen LogP contribution in [0.2, 0.25) is 5.02 Å². The van der Waals surface area contributed by atoms with E-state index in [0.29, 0.717) is 17.9 Å². The number of ether oxygens (including phenoxy) is 1. The minimum atomic E-state index is -1.14. The topological polar surface area (TPSA) is 106 Å². The van der Waals surface area contributed by atoms with Gasteiger partial charge < -0.3 is 10.1 Å². The summed E-state index contributed by atoms with van der Waals surface area (Å²) in [6.07, 6.45) is 4.95. The Kier molecular flexibility index (Phi) is 5.79. The highest BCUT2D eigenvalue weighted by Gasteiger charge is 2.50. The number of hydrogen-bond donors (Lipinski definition) is 1. The third kappa shape index (κ3) is 3.91. The number of allylic oxidation sites excluding steroid dienone is 2. The summed E-state index contributed by atoms with van der Waals surface area (Å²) in [6, 6.07) is 1.96. The van der Waals surface area contributed by atoms with Crippen LogP contribution < -0.4 is 5.32 Å². The Bertz CT molecular complexity index is 812. The first kappa shape index (κ1) is 20.0. The molecule has 0 unspecified atom stereocenters. The molecule has 3 rings (SSSR count). The number of nitrogens with one attached hydrogen (secondary N) is 1. The number of likely N-dealkylation sites (tertiary alicyclic amines) is 1. The summed E-state index contributed by atoms with van der Waals surface area (Å²) in [7, 11) is 0. The summed E-state index contributed by atoms with van der Waals surface area (Å²) in [5.41, 5.74) is 0. The van der Waals surface area contributed by atoms with Crippen molar-refractivity contribution in [2.75, 3.05) is 5.32 Å². The second kappa shape index (κ2) is 8.10. The highest BCUT2D eigenvalue weighted by molar-refractivity contribution is 6.30. The molecule has 28 heavy (non-hydrogen) atoms. The SMILES string of the molecule is C[C@@H](OC(=O)[C@H](C)N1C(=O)[C@H]2CC=CC[C@H]2C1=O)C(=O)Nc1ccc(Cl)cn1. The van der Waals surface area contributed by atoms with Crippen molar-refractivity contribution in [2.45, 2.75) is 38.8 Å². The molecule has 0 aromatic carbocycles. The first-order valence-corrected chi connectivity index (χ1v) is 9.32. The number of hydrogen-bond acceptors (Lipinski definition) is 6. The highest BCUT2D eigenvalue weighted by Crippen LogP contribution is 2.36. The number of pyridine rings is 1. The van der Waals surface area contributed by atoms with E-state index in [1.54, 1.807) is 6.07 Å². The van der Waals surface area contributed by atoms with Crippen LogP contribution in [-0.4, -0.2) is 45.7 Å². The van der Waals surface area contributed by atoms with Crippen LogP contribution in [0.25, 0.3) is 0 Å². The summed E-state index contributed by atoms with van der Waals surface area (Å²) >= 11 is 5.74. The average Bonchev–Trinajstić information content (AvgIpc) is 2.93. The molecule has 1 aromatic heterocycles. The van der Waals surface area contributed by atoms with Crippen LogP contribution in [0.4, 0.5) is 5.82 Å². The lowest BCUT2D eigenvalue weighted by Gasteiger charge is -2.23. The van der Waals surface area contributed by atoms with Crippen molar-refractivity contribution in [1.82, 2.24) is 9.88 Å². The predicted molar refractivity (Wildman–Crippen MR) is 100 cm³/mol. The van der Waals surface area contributed by atoms with Gasteiger partial charge in [-0.2, -0.15) is 0 Å². The average molecular weight is 406 g/mol. The van der Waals surface area contributed by atoms with E-state index in [2.05, 4.69) is 10.3 Å². The fraction of sp³-hybridized carbons (Fsp3) is 0.421. The Morgan fingerprint density at radius 2 is 1.79 bits per heavy atom. The maximum atomic E-state index is 12.5. The van der Waals surface area contributed by atoms with Crippen LogP contribution in [0, 0.1) is 11.8 Å². The molecule has 3 amide bonds. The van der Waals surface area contributed by atoms with Crippen LogP contribution in [-0.2, 0) is 23.9 Å². The number of amides is 3. The van der Waals surface area contributed by atoms with Crippen molar-refractivity contribution in [3.8, 4) is 0 Å². The van der Waals surface area contributed by atoms with E-state index >= 15 is 0 Å². The van der Waals surface area contributed by atoms with E-state index in [1.807, 2.05) is 12.2 Å². The molecule has 9 heteroatoms. The summed E-state index contributed by atoms with van der Waals surface area (Å²) in [4.78, 5) is 54.6. The Hall–Kier alpha value is -2.74. The van der Waals surface area contributed by atoms with Gasteiger partial charge in [-0.25, -0.2) is 9.78 Å². The Morgan fingerprint density at radius 1 is 1.18 bits per heavy atom. The lowest BCUT2D eigenvalue weighted by molar-refractivity contribution is -0.163. The number of nitrogens with zero attached hydrogens (tertiary/aromatic N) is 2. The summed E-state index contributed by atoms with van der Waals surface area (Å²) in [5.74, 6) is -2.74. The molecule has 2 heterocycles. The van der Waals surface area contributed by atoms with Crippen molar-refractivity contribution >= 4 is 41.1 Å². The Balaban J connectivity index is 1.60. The van der Waals surface area contributed by atoms with Gasteiger partial charge in [-0.3, -0.25) is 19.3 Å². The quantitative estimate of drug-likeness (QED) is 0.456. The fourth-order valence-corrected chi connectivity index (χ4v) is 3.43. The second-order valence-electron chi connectivity index (χ2n) is 6.81. The molecule has 1 aliphatic carbocycles. The van der Waals surface area contributed by atoms with E-state index < -0.39 is 35.9 Å². The molecule has 0 bridgehead atoms. The maximum Gasteiger partial charge on any atom is 0.329 e. The maximum absolute atomic E-state index is 12.5. The first-order valence-electron chi connectivity index (χ1n) is 8.94. The highest BCUT2D eigenvalue weighted by atomic mass is 35.5. The summed E-state index contributed by atoms with van der Waals surface area (Å²) in [6.45, 7) is 2.82. The number of carbonyl (C=O) groups is 4. The predicted octanol–water partition coefficient (Wildman–Crippen LogP) is 1.94. The smallest absolute Gasteiger partial charge is 0.329 e. The first-order chi connectivity index (χ1) is 13.3. The number of anilines is 1. The monoisotopic (exact) mass is 405 g/mol.